The molecule has 1 aromatic rings. The normalized spacial score (nSPS) is 12.5. The van der Waals surface area contributed by atoms with E-state index in [0.29, 0.717) is 6.54 Å². The minimum Gasteiger partial charge on any atom is -0.269 e. The topological polar surface area (TPSA) is 44.0 Å². The zero-order valence-electron chi connectivity index (χ0n) is 11.4. The zero-order chi connectivity index (χ0) is 14.0. The molecule has 0 saturated heterocycles. The lowest BCUT2D eigenvalue weighted by Crippen LogP contribution is -2.36. The highest BCUT2D eigenvalue weighted by atomic mass is 35.5. The van der Waals surface area contributed by atoms with Crippen LogP contribution in [0.4, 0.5) is 0 Å². The minimum atomic E-state index is -0.341. The fourth-order valence-electron chi connectivity index (χ4n) is 1.04. The van der Waals surface area contributed by atoms with Crippen LogP contribution in [-0.4, -0.2) is 15.6 Å². The predicted molar refractivity (Wildman–Crippen MR) is 61.6 cm³/mol. The summed E-state index contributed by atoms with van der Waals surface area (Å²) in [5.41, 5.74) is -0.673. The van der Waals surface area contributed by atoms with E-state index in [-0.39, 0.29) is 26.6 Å². The Hall–Kier alpha value is -0.600. The van der Waals surface area contributed by atoms with Gasteiger partial charge in [-0.2, -0.15) is 0 Å². The van der Waals surface area contributed by atoms with Gasteiger partial charge < -0.3 is 0 Å². The molecule has 6 heteroatoms. The Labute approximate surface area is 89.6 Å². The first-order valence-electron chi connectivity index (χ1n) is 5.82. The van der Waals surface area contributed by atoms with Crippen LogP contribution in [0.1, 0.15) is 14.3 Å². The number of halogens is 1. The molecule has 13 heavy (non-hydrogen) atoms. The number of hydrogen-bond acceptors (Lipinski definition) is 2. The molecular weight excluding hydrogens is 211 g/mol. The van der Waals surface area contributed by atoms with Crippen molar-refractivity contribution < 1.29 is 7.37 Å². The van der Waals surface area contributed by atoms with E-state index in [1.54, 1.807) is 6.92 Å². The van der Waals surface area contributed by atoms with Gasteiger partial charge in [-0.25, -0.2) is 4.79 Å². The highest BCUT2D eigenvalue weighted by Crippen LogP contribution is 2.12. The van der Waals surface area contributed by atoms with Crippen LogP contribution >= 0.6 is 20.3 Å². The quantitative estimate of drug-likeness (QED) is 0.572. The van der Waals surface area contributed by atoms with Crippen molar-refractivity contribution >= 4 is 20.3 Å². The van der Waals surface area contributed by atoms with E-state index in [1.807, 2.05) is 6.66 Å². The first-order chi connectivity index (χ1) is 8.11. The molecule has 0 spiro atoms. The average molecular weight is 232 g/mol. The Bertz CT molecular complexity index is 439. The van der Waals surface area contributed by atoms with Crippen molar-refractivity contribution in [2.75, 3.05) is 6.66 Å². The van der Waals surface area contributed by atoms with Crippen LogP contribution in [0.2, 0.25) is 5.15 Å². The highest BCUT2D eigenvalue weighted by molar-refractivity contribution is 7.35. The van der Waals surface area contributed by atoms with Crippen LogP contribution in [0.25, 0.3) is 0 Å². The highest BCUT2D eigenvalue weighted by Gasteiger charge is 2.06. The van der Waals surface area contributed by atoms with Crippen LogP contribution in [0.3, 0.4) is 0 Å². The third-order valence-electron chi connectivity index (χ3n) is 1.68. The lowest BCUT2D eigenvalue weighted by atomic mass is 10.6. The lowest BCUT2D eigenvalue weighted by molar-refractivity contribution is 0.663. The molecule has 0 fully saturated rings. The maximum Gasteiger partial charge on any atom is 0.335 e. The molecule has 0 bridgehead atoms. The van der Waals surface area contributed by atoms with E-state index in [0.717, 1.165) is 4.57 Å². The van der Waals surface area contributed by atoms with Crippen LogP contribution in [-0.2, 0) is 6.54 Å². The number of aromatic nitrogens is 2. The van der Waals surface area contributed by atoms with Crippen molar-refractivity contribution in [3.63, 3.8) is 0 Å². The third-order valence-corrected chi connectivity index (χ3v) is 2.98. The Morgan fingerprint density at radius 2 is 2.31 bits per heavy atom. The molecule has 4 nitrogen and oxygen atoms in total. The van der Waals surface area contributed by atoms with E-state index in [2.05, 4.69) is 0 Å². The Balaban J connectivity index is -0.000000409. The fraction of sp³-hybridized carbons (Fsp3) is 0.429. The molecule has 0 saturated carbocycles. The Morgan fingerprint density at radius 1 is 1.69 bits per heavy atom. The Morgan fingerprint density at radius 3 is 2.77 bits per heavy atom. The molecule has 1 heterocycles. The van der Waals surface area contributed by atoms with Gasteiger partial charge in [0.2, 0.25) is 0 Å². The van der Waals surface area contributed by atoms with Gasteiger partial charge in [-0.05, 0) is 22.3 Å². The molecule has 0 aliphatic heterocycles. The lowest BCUT2D eigenvalue weighted by Gasteiger charge is -2.07. The molecule has 0 amide bonds. The summed E-state index contributed by atoms with van der Waals surface area (Å²) >= 11 is 5.72. The second-order valence-corrected chi connectivity index (χ2v) is 3.67. The second-order valence-electron chi connectivity index (χ2n) is 2.39. The van der Waals surface area contributed by atoms with Gasteiger partial charge in [-0.15, -0.1) is 0 Å². The molecule has 0 aliphatic rings. The minimum absolute atomic E-state index is 0. The van der Waals surface area contributed by atoms with Gasteiger partial charge in [0.05, 0.1) is 0 Å². The van der Waals surface area contributed by atoms with Crippen molar-refractivity contribution in [3.8, 4) is 0 Å². The summed E-state index contributed by atoms with van der Waals surface area (Å²) in [6, 6.07) is 1.27. The van der Waals surface area contributed by atoms with Gasteiger partial charge >= 0.3 is 5.69 Å². The van der Waals surface area contributed by atoms with Gasteiger partial charge in [0, 0.05) is 20.0 Å². The molecule has 0 radical (unpaired) electrons. The molecule has 0 aromatic carbocycles. The largest absolute Gasteiger partial charge is 0.335 e. The van der Waals surface area contributed by atoms with E-state index in [4.69, 9.17) is 17.5 Å². The smallest absolute Gasteiger partial charge is 0.269 e. The van der Waals surface area contributed by atoms with Crippen molar-refractivity contribution in [1.82, 2.24) is 8.90 Å². The van der Waals surface area contributed by atoms with E-state index in [9.17, 15) is 9.59 Å². The maximum atomic E-state index is 11.5. The fourth-order valence-corrected chi connectivity index (χ4v) is 2.05. The summed E-state index contributed by atoms with van der Waals surface area (Å²) in [7, 11) is 0.236. The van der Waals surface area contributed by atoms with E-state index < -0.39 is 0 Å². The molecule has 78 valence electrons. The van der Waals surface area contributed by atoms with Crippen molar-refractivity contribution in [1.29, 1.82) is 0 Å². The SMILES string of the molecule is CCn1c(=O)cc(Cl)n(PC)c1=O.[2HH].[2H][2H].[2H][2H]. The molecule has 1 rings (SSSR count). The number of hydrogen-bond donors (Lipinski definition) is 0. The van der Waals surface area contributed by atoms with Crippen LogP contribution in [0.5, 0.6) is 0 Å². The summed E-state index contributed by atoms with van der Waals surface area (Å²) in [6.45, 7) is 3.96. The van der Waals surface area contributed by atoms with Crippen molar-refractivity contribution in [2.24, 2.45) is 0 Å². The van der Waals surface area contributed by atoms with Gasteiger partial charge in [-0.1, -0.05) is 11.6 Å². The van der Waals surface area contributed by atoms with Crippen LogP contribution in [0, 0.1) is 0 Å². The van der Waals surface area contributed by atoms with Crippen molar-refractivity contribution in [2.45, 2.75) is 13.5 Å². The van der Waals surface area contributed by atoms with Gasteiger partial charge in [0.15, 0.2) is 0 Å². The third kappa shape index (κ3) is 1.84. The van der Waals surface area contributed by atoms with Gasteiger partial charge in [-0.3, -0.25) is 13.7 Å². The summed E-state index contributed by atoms with van der Waals surface area (Å²) < 4.78 is 22.5. The monoisotopic (exact) mass is 231 g/mol. The van der Waals surface area contributed by atoms with E-state index in [1.165, 1.54) is 10.4 Å². The number of rotatable bonds is 2. The second kappa shape index (κ2) is 4.07. The standard InChI is InChI=1S/C7H10ClN2O2P.3H2/c1-3-9-6(11)4-5(8)10(13-2)7(9)12;;;/h4,13H,3H2,1-2H3;3*1H/i;2*1+1D;1+1. The Kier molecular flexibility index (Phi) is 2.43. The van der Waals surface area contributed by atoms with E-state index >= 15 is 0 Å². The zero-order valence-corrected chi connectivity index (χ0v) is 9.13. The molecule has 0 N–H and O–H groups in total. The summed E-state index contributed by atoms with van der Waals surface area (Å²) in [5, 5.41) is 0.209. The predicted octanol–water partition coefficient (Wildman–Crippen LogP) is 1.49. The first kappa shape index (κ1) is 7.77. The maximum absolute atomic E-state index is 11.5. The first-order valence-corrected chi connectivity index (χ1v) is 5.64. The molecule has 1 atom stereocenters. The molecule has 0 aliphatic carbocycles. The molecule has 1 aromatic heterocycles. The summed E-state index contributed by atoms with van der Waals surface area (Å²) in [4.78, 5) is 22.7. The molecule has 1 unspecified atom stereocenters. The van der Waals surface area contributed by atoms with Gasteiger partial charge in [0.1, 0.15) is 5.15 Å². The van der Waals surface area contributed by atoms with Crippen LogP contribution < -0.4 is 11.2 Å². The van der Waals surface area contributed by atoms with Crippen LogP contribution in [0.15, 0.2) is 15.7 Å². The van der Waals surface area contributed by atoms with Gasteiger partial charge in [0.25, 0.3) is 5.56 Å². The summed E-state index contributed by atoms with van der Waals surface area (Å²) in [5.74, 6) is 0. The van der Waals surface area contributed by atoms with Crippen molar-refractivity contribution in [3.05, 3.63) is 32.1 Å². The number of nitrogens with zero attached hydrogens (tertiary/aromatic N) is 2. The molecular formula is C7H16ClN2O2P. The average Bonchev–Trinajstić information content (AvgIpc) is 2.34. The summed E-state index contributed by atoms with van der Waals surface area (Å²) in [6.07, 6.45) is 0.